The first-order valence-electron chi connectivity index (χ1n) is 9.05. The minimum Gasteiger partial charge on any atom is -0.364 e. The number of benzene rings is 1. The number of aromatic amines is 1. The van der Waals surface area contributed by atoms with Crippen molar-refractivity contribution in [1.82, 2.24) is 14.5 Å². The Labute approximate surface area is 160 Å². The predicted octanol–water partition coefficient (Wildman–Crippen LogP) is 2.31. The number of carbonyl (C=O) groups is 1. The summed E-state index contributed by atoms with van der Waals surface area (Å²) in [5, 5.41) is 6.77. The van der Waals surface area contributed by atoms with E-state index in [1.807, 2.05) is 33.8 Å². The summed E-state index contributed by atoms with van der Waals surface area (Å²) in [5.41, 5.74) is 9.90. The number of aromatic nitrogens is 2. The lowest BCUT2D eigenvalue weighted by atomic mass is 9.94. The highest BCUT2D eigenvalue weighted by Crippen LogP contribution is 2.33. The quantitative estimate of drug-likeness (QED) is 0.835. The minimum absolute atomic E-state index is 0.137. The van der Waals surface area contributed by atoms with Gasteiger partial charge in [0.2, 0.25) is 10.0 Å². The molecular weight excluding hydrogens is 364 g/mol. The zero-order valence-electron chi connectivity index (χ0n) is 16.2. The molecule has 1 amide bonds. The number of hydrogen-bond acceptors (Lipinski definition) is 4. The molecule has 3 rings (SSSR count). The number of H-pyrrole nitrogens is 1. The molecule has 0 saturated carbocycles. The van der Waals surface area contributed by atoms with Gasteiger partial charge in [0.25, 0.3) is 5.91 Å². The van der Waals surface area contributed by atoms with Crippen molar-refractivity contribution in [2.75, 3.05) is 13.1 Å². The van der Waals surface area contributed by atoms with Crippen LogP contribution in [-0.4, -0.2) is 41.9 Å². The Bertz CT molecular complexity index is 960. The van der Waals surface area contributed by atoms with Crippen LogP contribution in [-0.2, 0) is 10.0 Å². The number of primary amides is 1. The Morgan fingerprint density at radius 3 is 2.15 bits per heavy atom. The van der Waals surface area contributed by atoms with Crippen molar-refractivity contribution in [2.24, 2.45) is 5.73 Å². The first-order valence-corrected chi connectivity index (χ1v) is 10.5. The predicted molar refractivity (Wildman–Crippen MR) is 103 cm³/mol. The van der Waals surface area contributed by atoms with E-state index in [0.717, 1.165) is 27.9 Å². The third-order valence-corrected chi connectivity index (χ3v) is 7.81. The first kappa shape index (κ1) is 19.6. The normalized spacial score (nSPS) is 16.6. The standard InChI is InChI=1S/C19H26N4O3S/c1-11-9-12(2)14(4)18(13(11)3)27(25,26)23-7-5-15(6-8-23)16-10-17(19(20)24)22-21-16/h9-10,15H,5-8H2,1-4H3,(H2,20,24)(H,21,22). The Morgan fingerprint density at radius 2 is 1.67 bits per heavy atom. The van der Waals surface area contributed by atoms with Crippen molar-refractivity contribution in [1.29, 1.82) is 0 Å². The van der Waals surface area contributed by atoms with Gasteiger partial charge in [0.05, 0.1) is 4.90 Å². The van der Waals surface area contributed by atoms with Crippen molar-refractivity contribution in [3.05, 3.63) is 45.8 Å². The second-order valence-corrected chi connectivity index (χ2v) is 9.22. The summed E-state index contributed by atoms with van der Waals surface area (Å²) < 4.78 is 28.2. The van der Waals surface area contributed by atoms with Gasteiger partial charge in [-0.05, 0) is 68.9 Å². The summed E-state index contributed by atoms with van der Waals surface area (Å²) in [4.78, 5) is 11.6. The molecule has 1 aliphatic heterocycles. The van der Waals surface area contributed by atoms with Crippen LogP contribution in [0.4, 0.5) is 0 Å². The van der Waals surface area contributed by atoms with Gasteiger partial charge in [-0.1, -0.05) is 6.07 Å². The van der Waals surface area contributed by atoms with E-state index in [-0.39, 0.29) is 11.6 Å². The van der Waals surface area contributed by atoms with Gasteiger partial charge in [0.1, 0.15) is 5.69 Å². The maximum Gasteiger partial charge on any atom is 0.269 e. The van der Waals surface area contributed by atoms with E-state index >= 15 is 0 Å². The van der Waals surface area contributed by atoms with Crippen LogP contribution in [0.2, 0.25) is 0 Å². The Kier molecular flexibility index (Phi) is 5.14. The average Bonchev–Trinajstić information content (AvgIpc) is 3.10. The molecule has 1 saturated heterocycles. The number of piperidine rings is 1. The van der Waals surface area contributed by atoms with Gasteiger partial charge < -0.3 is 5.73 Å². The van der Waals surface area contributed by atoms with Gasteiger partial charge in [-0.3, -0.25) is 9.89 Å². The molecule has 7 nitrogen and oxygen atoms in total. The Morgan fingerprint density at radius 1 is 1.11 bits per heavy atom. The molecule has 1 fully saturated rings. The smallest absolute Gasteiger partial charge is 0.269 e. The van der Waals surface area contributed by atoms with Gasteiger partial charge in [-0.2, -0.15) is 9.40 Å². The fourth-order valence-corrected chi connectivity index (χ4v) is 5.82. The van der Waals surface area contributed by atoms with Gasteiger partial charge in [0, 0.05) is 24.7 Å². The molecule has 8 heteroatoms. The third kappa shape index (κ3) is 3.51. The highest BCUT2D eigenvalue weighted by atomic mass is 32.2. The second-order valence-electron chi connectivity index (χ2n) is 7.34. The molecule has 2 aromatic rings. The van der Waals surface area contributed by atoms with Crippen LogP contribution in [0.3, 0.4) is 0 Å². The van der Waals surface area contributed by atoms with Crippen molar-refractivity contribution in [2.45, 2.75) is 51.3 Å². The Balaban J connectivity index is 1.82. The molecule has 1 aliphatic rings. The largest absolute Gasteiger partial charge is 0.364 e. The summed E-state index contributed by atoms with van der Waals surface area (Å²) in [6.45, 7) is 8.51. The zero-order valence-corrected chi connectivity index (χ0v) is 17.0. The molecule has 1 aromatic heterocycles. The summed E-state index contributed by atoms with van der Waals surface area (Å²) in [5.74, 6) is -0.434. The maximum atomic E-state index is 13.3. The van der Waals surface area contributed by atoms with Crippen LogP contribution in [0.25, 0.3) is 0 Å². The van der Waals surface area contributed by atoms with Crippen molar-refractivity contribution >= 4 is 15.9 Å². The fraction of sp³-hybridized carbons (Fsp3) is 0.474. The third-order valence-electron chi connectivity index (χ3n) is 5.64. The maximum absolute atomic E-state index is 13.3. The lowest BCUT2D eigenvalue weighted by molar-refractivity contribution is 0.0995. The monoisotopic (exact) mass is 390 g/mol. The molecule has 0 atom stereocenters. The lowest BCUT2D eigenvalue weighted by Crippen LogP contribution is -2.38. The van der Waals surface area contributed by atoms with E-state index in [1.54, 1.807) is 10.4 Å². The highest BCUT2D eigenvalue weighted by Gasteiger charge is 2.33. The number of aryl methyl sites for hydroxylation is 2. The number of carbonyl (C=O) groups excluding carboxylic acids is 1. The molecule has 0 unspecified atom stereocenters. The van der Waals surface area contributed by atoms with Crippen LogP contribution in [0.15, 0.2) is 17.0 Å². The molecule has 2 heterocycles. The molecular formula is C19H26N4O3S. The van der Waals surface area contributed by atoms with E-state index in [4.69, 9.17) is 5.73 Å². The van der Waals surface area contributed by atoms with E-state index in [1.165, 1.54) is 0 Å². The minimum atomic E-state index is -3.55. The average molecular weight is 391 g/mol. The number of nitrogens with zero attached hydrogens (tertiary/aromatic N) is 2. The summed E-state index contributed by atoms with van der Waals surface area (Å²) in [7, 11) is -3.55. The second kappa shape index (κ2) is 7.09. The van der Waals surface area contributed by atoms with Gasteiger partial charge in [-0.25, -0.2) is 8.42 Å². The number of nitrogens with one attached hydrogen (secondary N) is 1. The molecule has 3 N–H and O–H groups in total. The van der Waals surface area contributed by atoms with E-state index in [2.05, 4.69) is 10.2 Å². The van der Waals surface area contributed by atoms with E-state index in [0.29, 0.717) is 30.8 Å². The van der Waals surface area contributed by atoms with Crippen LogP contribution in [0.1, 0.15) is 57.2 Å². The first-order chi connectivity index (χ1) is 12.6. The van der Waals surface area contributed by atoms with E-state index < -0.39 is 15.9 Å². The van der Waals surface area contributed by atoms with Crippen LogP contribution in [0.5, 0.6) is 0 Å². The number of rotatable bonds is 4. The molecule has 0 bridgehead atoms. The number of hydrogen-bond donors (Lipinski definition) is 2. The van der Waals surface area contributed by atoms with Crippen molar-refractivity contribution in [3.8, 4) is 0 Å². The van der Waals surface area contributed by atoms with Gasteiger partial charge in [0.15, 0.2) is 0 Å². The molecule has 146 valence electrons. The summed E-state index contributed by atoms with van der Waals surface area (Å²) in [6, 6.07) is 3.69. The highest BCUT2D eigenvalue weighted by molar-refractivity contribution is 7.89. The van der Waals surface area contributed by atoms with Gasteiger partial charge in [-0.15, -0.1) is 0 Å². The molecule has 1 aromatic carbocycles. The number of sulfonamides is 1. The van der Waals surface area contributed by atoms with Crippen LogP contribution < -0.4 is 5.73 Å². The van der Waals surface area contributed by atoms with E-state index in [9.17, 15) is 13.2 Å². The van der Waals surface area contributed by atoms with Gasteiger partial charge >= 0.3 is 0 Å². The summed E-state index contributed by atoms with van der Waals surface area (Å²) >= 11 is 0. The lowest BCUT2D eigenvalue weighted by Gasteiger charge is -2.32. The molecule has 27 heavy (non-hydrogen) atoms. The summed E-state index contributed by atoms with van der Waals surface area (Å²) in [6.07, 6.45) is 1.34. The SMILES string of the molecule is Cc1cc(C)c(C)c(S(=O)(=O)N2CCC(c3cc(C(N)=O)n[nH]3)CC2)c1C. The molecule has 0 aliphatic carbocycles. The number of amides is 1. The zero-order chi connectivity index (χ0) is 19.9. The Hall–Kier alpha value is -2.19. The van der Waals surface area contributed by atoms with Crippen LogP contribution in [0, 0.1) is 27.7 Å². The van der Waals surface area contributed by atoms with Crippen molar-refractivity contribution in [3.63, 3.8) is 0 Å². The van der Waals surface area contributed by atoms with Crippen LogP contribution >= 0.6 is 0 Å². The van der Waals surface area contributed by atoms with Crippen molar-refractivity contribution < 1.29 is 13.2 Å². The number of nitrogens with two attached hydrogens (primary N) is 1. The molecule has 0 radical (unpaired) electrons. The topological polar surface area (TPSA) is 109 Å². The fourth-order valence-electron chi connectivity index (χ4n) is 3.78. The molecule has 0 spiro atoms.